The van der Waals surface area contributed by atoms with Crippen molar-refractivity contribution < 1.29 is 19.0 Å². The Morgan fingerprint density at radius 2 is 1.58 bits per heavy atom. The van der Waals surface area contributed by atoms with Crippen LogP contribution in [0, 0.1) is 0 Å². The number of aromatic nitrogens is 2. The molecule has 0 amide bonds. The molecule has 38 heavy (non-hydrogen) atoms. The van der Waals surface area contributed by atoms with Gasteiger partial charge in [0.15, 0.2) is 0 Å². The van der Waals surface area contributed by atoms with Crippen molar-refractivity contribution >= 4 is 30.5 Å². The molecule has 1 saturated heterocycles. The number of nitrogens with one attached hydrogen (secondary N) is 1. The molecule has 1 aromatic heterocycles. The van der Waals surface area contributed by atoms with Crippen molar-refractivity contribution in [2.75, 3.05) is 26.9 Å². The van der Waals surface area contributed by atoms with Gasteiger partial charge < -0.3 is 19.0 Å². The Morgan fingerprint density at radius 1 is 0.974 bits per heavy atom. The van der Waals surface area contributed by atoms with Gasteiger partial charge in [-0.15, -0.1) is 11.8 Å². The summed E-state index contributed by atoms with van der Waals surface area (Å²) in [5, 5.41) is 12.6. The van der Waals surface area contributed by atoms with Crippen molar-refractivity contribution in [3.8, 4) is 0 Å². The molecule has 3 aromatic rings. The first-order chi connectivity index (χ1) is 18.2. The highest BCUT2D eigenvalue weighted by atomic mass is 32.2. The third-order valence-electron chi connectivity index (χ3n) is 6.92. The first-order valence-electron chi connectivity index (χ1n) is 12.7. The van der Waals surface area contributed by atoms with Gasteiger partial charge in [-0.25, -0.2) is 4.79 Å². The molecule has 4 rings (SSSR count). The summed E-state index contributed by atoms with van der Waals surface area (Å²) in [5.74, 6) is 0. The first kappa shape index (κ1) is 28.5. The predicted octanol–water partition coefficient (Wildman–Crippen LogP) is 2.12. The van der Waals surface area contributed by atoms with Gasteiger partial charge in [0.1, 0.15) is 11.5 Å². The zero-order valence-corrected chi connectivity index (χ0v) is 24.0. The zero-order chi connectivity index (χ0) is 27.3. The predicted molar refractivity (Wildman–Crippen MR) is 153 cm³/mol. The standard InChI is InChI=1S/C28H36N2O6SSi/c1-28(2,3)38(20-11-7-5-8-12-20,21-13-9-6-10-14-21)36-19-22-24(32)25(35-18-17-34-4)26(37-22)30-16-15-23(31)29-27(30)33/h5-16,22,24-26,32H,17-19H2,1-4H3,(H,29,31,33)/t22-,24?,25?,26+/m0/s1. The van der Waals surface area contributed by atoms with E-state index in [-0.39, 0.29) is 23.5 Å². The monoisotopic (exact) mass is 556 g/mol. The van der Waals surface area contributed by atoms with Gasteiger partial charge in [-0.05, 0) is 15.4 Å². The third kappa shape index (κ3) is 5.75. The van der Waals surface area contributed by atoms with Gasteiger partial charge in [0.05, 0.1) is 24.6 Å². The minimum Gasteiger partial charge on any atom is -0.406 e. The van der Waals surface area contributed by atoms with Gasteiger partial charge in [-0.1, -0.05) is 81.4 Å². The molecule has 1 aliphatic rings. The van der Waals surface area contributed by atoms with Crippen LogP contribution in [0.3, 0.4) is 0 Å². The zero-order valence-electron chi connectivity index (χ0n) is 22.2. The average molecular weight is 557 g/mol. The molecule has 2 unspecified atom stereocenters. The van der Waals surface area contributed by atoms with Gasteiger partial charge in [0, 0.05) is 26.0 Å². The minimum absolute atomic E-state index is 0.215. The lowest BCUT2D eigenvalue weighted by atomic mass is 10.1. The second-order valence-electron chi connectivity index (χ2n) is 10.4. The summed E-state index contributed by atoms with van der Waals surface area (Å²) in [6.45, 7) is 7.49. The van der Waals surface area contributed by atoms with Crippen LogP contribution in [-0.4, -0.2) is 67.4 Å². The van der Waals surface area contributed by atoms with Crippen LogP contribution in [0.5, 0.6) is 0 Å². The Hall–Kier alpha value is -2.47. The fraction of sp³-hybridized carbons (Fsp3) is 0.429. The molecule has 2 heterocycles. The molecule has 204 valence electrons. The number of methoxy groups -OCH3 is 1. The number of hydrogen-bond donors (Lipinski definition) is 2. The molecule has 0 bridgehead atoms. The molecule has 2 N–H and O–H groups in total. The topological polar surface area (TPSA) is 103 Å². The fourth-order valence-electron chi connectivity index (χ4n) is 5.12. The lowest BCUT2D eigenvalue weighted by molar-refractivity contribution is -0.0561. The van der Waals surface area contributed by atoms with E-state index in [1.165, 1.54) is 28.6 Å². The van der Waals surface area contributed by atoms with Crippen molar-refractivity contribution in [2.24, 2.45) is 0 Å². The van der Waals surface area contributed by atoms with Crippen LogP contribution in [0.1, 0.15) is 26.1 Å². The summed E-state index contributed by atoms with van der Waals surface area (Å²) in [4.78, 5) is 26.6. The number of benzene rings is 2. The average Bonchev–Trinajstić information content (AvgIpc) is 3.20. The van der Waals surface area contributed by atoms with Gasteiger partial charge in [-0.2, -0.15) is 0 Å². The summed E-state index contributed by atoms with van der Waals surface area (Å²) >= 11 is 1.42. The highest BCUT2D eigenvalue weighted by Crippen LogP contribution is 2.44. The molecule has 10 heteroatoms. The molecule has 0 saturated carbocycles. The van der Waals surface area contributed by atoms with Crippen LogP contribution in [-0.2, 0) is 13.9 Å². The van der Waals surface area contributed by atoms with E-state index in [9.17, 15) is 14.7 Å². The van der Waals surface area contributed by atoms with Crippen LogP contribution in [0.25, 0.3) is 0 Å². The minimum atomic E-state index is -2.82. The summed E-state index contributed by atoms with van der Waals surface area (Å²) < 4.78 is 19.6. The lowest BCUT2D eigenvalue weighted by Gasteiger charge is -2.43. The van der Waals surface area contributed by atoms with Crippen LogP contribution in [0.2, 0.25) is 5.04 Å². The number of hydrogen-bond acceptors (Lipinski definition) is 7. The van der Waals surface area contributed by atoms with E-state index in [0.717, 1.165) is 10.4 Å². The molecule has 1 fully saturated rings. The second kappa shape index (κ2) is 12.1. The lowest BCUT2D eigenvalue weighted by Crippen LogP contribution is -2.67. The van der Waals surface area contributed by atoms with Crippen LogP contribution >= 0.6 is 11.8 Å². The molecule has 0 radical (unpaired) electrons. The summed E-state index contributed by atoms with van der Waals surface area (Å²) in [5.41, 5.74) is -1.02. The summed E-state index contributed by atoms with van der Waals surface area (Å²) in [7, 11) is -1.24. The number of aromatic amines is 1. The number of H-pyrrole nitrogens is 1. The van der Waals surface area contributed by atoms with Crippen molar-refractivity contribution in [3.05, 3.63) is 93.8 Å². The maximum Gasteiger partial charge on any atom is 0.329 e. The fourth-order valence-corrected chi connectivity index (χ4v) is 11.3. The highest BCUT2D eigenvalue weighted by molar-refractivity contribution is 8.00. The van der Waals surface area contributed by atoms with E-state index in [2.05, 4.69) is 50.0 Å². The number of rotatable bonds is 10. The summed E-state index contributed by atoms with van der Waals surface area (Å²) in [6, 6.07) is 21.9. The Bertz CT molecular complexity index is 1250. The number of aliphatic hydroxyl groups is 1. The smallest absolute Gasteiger partial charge is 0.329 e. The number of nitrogens with zero attached hydrogens (tertiary/aromatic N) is 1. The molecular formula is C28H36N2O6SSi. The normalized spacial score (nSPS) is 22.0. The summed E-state index contributed by atoms with van der Waals surface area (Å²) in [6.07, 6.45) is -0.144. The van der Waals surface area contributed by atoms with Crippen molar-refractivity contribution in [1.29, 1.82) is 0 Å². The number of ether oxygens (including phenoxy) is 2. The van der Waals surface area contributed by atoms with E-state index >= 15 is 0 Å². The Balaban J connectivity index is 1.69. The molecule has 8 nitrogen and oxygen atoms in total. The second-order valence-corrected chi connectivity index (χ2v) is 16.0. The van der Waals surface area contributed by atoms with Crippen LogP contribution in [0.4, 0.5) is 0 Å². The largest absolute Gasteiger partial charge is 0.406 e. The van der Waals surface area contributed by atoms with Gasteiger partial charge >= 0.3 is 5.69 Å². The Labute approximate surface area is 228 Å². The van der Waals surface area contributed by atoms with E-state index in [0.29, 0.717) is 6.61 Å². The van der Waals surface area contributed by atoms with E-state index in [1.54, 1.807) is 7.11 Å². The van der Waals surface area contributed by atoms with Gasteiger partial charge in [0.2, 0.25) is 0 Å². The number of aliphatic hydroxyl groups excluding tert-OH is 1. The Morgan fingerprint density at radius 3 is 2.11 bits per heavy atom. The highest BCUT2D eigenvalue weighted by Gasteiger charge is 2.52. The Kier molecular flexibility index (Phi) is 9.12. The maximum absolute atomic E-state index is 12.6. The van der Waals surface area contributed by atoms with Gasteiger partial charge in [-0.3, -0.25) is 14.3 Å². The first-order valence-corrected chi connectivity index (χ1v) is 15.5. The van der Waals surface area contributed by atoms with Crippen LogP contribution in [0.15, 0.2) is 82.5 Å². The van der Waals surface area contributed by atoms with Gasteiger partial charge in [0.25, 0.3) is 13.9 Å². The van der Waals surface area contributed by atoms with Crippen molar-refractivity contribution in [3.63, 3.8) is 0 Å². The van der Waals surface area contributed by atoms with E-state index in [1.807, 2.05) is 36.4 Å². The van der Waals surface area contributed by atoms with E-state index < -0.39 is 37.1 Å². The molecule has 2 aromatic carbocycles. The number of thioether (sulfide) groups is 1. The quantitative estimate of drug-likeness (QED) is 0.291. The maximum atomic E-state index is 12.6. The SMILES string of the molecule is COCCOC1C(O)[C@H](CO[Si](c2ccccc2)(c2ccccc2)C(C)(C)C)S[C@H]1n1ccc(=O)[nH]c1=O. The van der Waals surface area contributed by atoms with Crippen LogP contribution < -0.4 is 21.6 Å². The van der Waals surface area contributed by atoms with Crippen molar-refractivity contribution in [1.82, 2.24) is 9.55 Å². The molecule has 4 atom stereocenters. The van der Waals surface area contributed by atoms with E-state index in [4.69, 9.17) is 13.9 Å². The molecule has 1 aliphatic heterocycles. The van der Waals surface area contributed by atoms with Crippen molar-refractivity contribution in [2.45, 2.75) is 48.6 Å². The third-order valence-corrected chi connectivity index (χ3v) is 13.5. The molecule has 0 spiro atoms. The molecule has 0 aliphatic carbocycles. The molecular weight excluding hydrogens is 520 g/mol.